The monoisotopic (exact) mass is 326 g/mol. The molecule has 2 N–H and O–H groups in total. The largest absolute Gasteiger partial charge is 0.367 e. The van der Waals surface area contributed by atoms with Gasteiger partial charge in [-0.25, -0.2) is 0 Å². The molecule has 104 valence electrons. The maximum absolute atomic E-state index is 12.3. The number of carbonyl (C=O) groups is 1. The van der Waals surface area contributed by atoms with Gasteiger partial charge in [0.2, 0.25) is 0 Å². The maximum Gasteiger partial charge on any atom is 0.257 e. The Morgan fingerprint density at radius 3 is 3.05 bits per heavy atom. The summed E-state index contributed by atoms with van der Waals surface area (Å²) in [6, 6.07) is 1.37. The fourth-order valence-electron chi connectivity index (χ4n) is 2.83. The van der Waals surface area contributed by atoms with Gasteiger partial charge in [0.05, 0.1) is 5.54 Å². The summed E-state index contributed by atoms with van der Waals surface area (Å²) in [5.74, 6) is 0.316. The van der Waals surface area contributed by atoms with Gasteiger partial charge in [-0.3, -0.25) is 9.59 Å². The summed E-state index contributed by atoms with van der Waals surface area (Å²) in [6.07, 6.45) is 7.22. The smallest absolute Gasteiger partial charge is 0.257 e. The number of amides is 1. The standard InChI is InChI=1S/C14H19BrN2O2/c1-10-3-2-5-14(7-10,9-15)17-13(19)11-8-16-6-4-12(11)18/h4,6,8,10H,2-3,5,7,9H2,1H3,(H,16,18)(H,17,19). The molecule has 2 unspecified atom stereocenters. The third-order valence-electron chi connectivity index (χ3n) is 3.79. The van der Waals surface area contributed by atoms with Gasteiger partial charge in [0.25, 0.3) is 5.91 Å². The first-order chi connectivity index (χ1) is 9.06. The molecule has 1 aromatic rings. The molecule has 0 aliphatic heterocycles. The Hall–Kier alpha value is -1.10. The number of alkyl halides is 1. The van der Waals surface area contributed by atoms with E-state index in [-0.39, 0.29) is 22.4 Å². The number of aromatic amines is 1. The maximum atomic E-state index is 12.3. The van der Waals surface area contributed by atoms with Gasteiger partial charge in [-0.05, 0) is 18.8 Å². The van der Waals surface area contributed by atoms with Gasteiger partial charge in [0.1, 0.15) is 5.56 Å². The van der Waals surface area contributed by atoms with E-state index in [1.807, 2.05) is 0 Å². The van der Waals surface area contributed by atoms with Crippen LogP contribution in [0.15, 0.2) is 23.3 Å². The number of nitrogens with one attached hydrogen (secondary N) is 2. The number of pyridine rings is 1. The van der Waals surface area contributed by atoms with Crippen molar-refractivity contribution in [3.8, 4) is 0 Å². The van der Waals surface area contributed by atoms with Crippen LogP contribution in [0.4, 0.5) is 0 Å². The van der Waals surface area contributed by atoms with Crippen molar-refractivity contribution in [2.24, 2.45) is 5.92 Å². The second kappa shape index (κ2) is 5.90. The lowest BCUT2D eigenvalue weighted by atomic mass is 9.77. The van der Waals surface area contributed by atoms with Gasteiger partial charge in [-0.1, -0.05) is 35.7 Å². The number of H-pyrrole nitrogens is 1. The Morgan fingerprint density at radius 2 is 2.42 bits per heavy atom. The fraction of sp³-hybridized carbons (Fsp3) is 0.571. The summed E-state index contributed by atoms with van der Waals surface area (Å²) >= 11 is 3.51. The van der Waals surface area contributed by atoms with E-state index >= 15 is 0 Å². The van der Waals surface area contributed by atoms with Crippen molar-refractivity contribution in [3.63, 3.8) is 0 Å². The van der Waals surface area contributed by atoms with E-state index in [4.69, 9.17) is 0 Å². The minimum absolute atomic E-state index is 0.182. The molecule has 0 radical (unpaired) electrons. The van der Waals surface area contributed by atoms with Crippen LogP contribution in [0.5, 0.6) is 0 Å². The second-order valence-corrected chi connectivity index (χ2v) is 6.05. The van der Waals surface area contributed by atoms with Crippen molar-refractivity contribution in [2.75, 3.05) is 5.33 Å². The Kier molecular flexibility index (Phi) is 4.45. The summed E-state index contributed by atoms with van der Waals surface area (Å²) in [4.78, 5) is 26.7. The van der Waals surface area contributed by atoms with Crippen LogP contribution in [-0.4, -0.2) is 21.8 Å². The Bertz CT molecular complexity index is 514. The number of hydrogen-bond donors (Lipinski definition) is 2. The number of carbonyl (C=O) groups excluding carboxylic acids is 1. The third-order valence-corrected chi connectivity index (χ3v) is 4.87. The van der Waals surface area contributed by atoms with Crippen molar-refractivity contribution >= 4 is 21.8 Å². The average Bonchev–Trinajstić information content (AvgIpc) is 2.39. The van der Waals surface area contributed by atoms with E-state index in [0.29, 0.717) is 5.92 Å². The Morgan fingerprint density at radius 1 is 1.63 bits per heavy atom. The van der Waals surface area contributed by atoms with E-state index < -0.39 is 0 Å². The second-order valence-electron chi connectivity index (χ2n) is 5.49. The van der Waals surface area contributed by atoms with Crippen LogP contribution in [0.2, 0.25) is 0 Å². The van der Waals surface area contributed by atoms with Crippen LogP contribution < -0.4 is 10.7 Å². The average molecular weight is 327 g/mol. The topological polar surface area (TPSA) is 62.0 Å². The molecule has 4 nitrogen and oxygen atoms in total. The van der Waals surface area contributed by atoms with E-state index in [1.54, 1.807) is 0 Å². The highest BCUT2D eigenvalue weighted by molar-refractivity contribution is 9.09. The van der Waals surface area contributed by atoms with Crippen LogP contribution in [-0.2, 0) is 0 Å². The highest BCUT2D eigenvalue weighted by Crippen LogP contribution is 2.33. The molecule has 1 aliphatic carbocycles. The van der Waals surface area contributed by atoms with Crippen molar-refractivity contribution in [3.05, 3.63) is 34.2 Å². The predicted molar refractivity (Wildman–Crippen MR) is 78.7 cm³/mol. The minimum atomic E-state index is -0.282. The molecule has 1 amide bonds. The molecular weight excluding hydrogens is 308 g/mol. The van der Waals surface area contributed by atoms with Crippen LogP contribution in [0.25, 0.3) is 0 Å². The molecule has 1 saturated carbocycles. The zero-order valence-corrected chi connectivity index (χ0v) is 12.6. The molecule has 19 heavy (non-hydrogen) atoms. The highest BCUT2D eigenvalue weighted by atomic mass is 79.9. The van der Waals surface area contributed by atoms with E-state index in [0.717, 1.165) is 24.6 Å². The first kappa shape index (κ1) is 14.3. The number of aromatic nitrogens is 1. The molecule has 0 bridgehead atoms. The first-order valence-corrected chi connectivity index (χ1v) is 7.74. The fourth-order valence-corrected chi connectivity index (χ4v) is 3.48. The van der Waals surface area contributed by atoms with Gasteiger partial charge in [-0.2, -0.15) is 0 Å². The van der Waals surface area contributed by atoms with Gasteiger partial charge in [0.15, 0.2) is 5.43 Å². The lowest BCUT2D eigenvalue weighted by Gasteiger charge is -2.39. The molecule has 1 aliphatic rings. The van der Waals surface area contributed by atoms with Gasteiger partial charge in [-0.15, -0.1) is 0 Å². The molecule has 5 heteroatoms. The molecule has 1 aromatic heterocycles. The van der Waals surface area contributed by atoms with E-state index in [9.17, 15) is 9.59 Å². The third kappa shape index (κ3) is 3.26. The van der Waals surface area contributed by atoms with Gasteiger partial charge >= 0.3 is 0 Å². The zero-order valence-electron chi connectivity index (χ0n) is 11.0. The van der Waals surface area contributed by atoms with Crippen molar-refractivity contribution in [1.29, 1.82) is 0 Å². The quantitative estimate of drug-likeness (QED) is 0.838. The number of rotatable bonds is 3. The number of halogens is 1. The summed E-state index contributed by atoms with van der Waals surface area (Å²) in [5, 5.41) is 3.79. The van der Waals surface area contributed by atoms with Crippen molar-refractivity contribution in [1.82, 2.24) is 10.3 Å². The van der Waals surface area contributed by atoms with Crippen LogP contribution in [0.3, 0.4) is 0 Å². The SMILES string of the molecule is CC1CCCC(CBr)(NC(=O)c2c[nH]ccc2=O)C1. The molecule has 0 spiro atoms. The van der Waals surface area contributed by atoms with E-state index in [2.05, 4.69) is 33.2 Å². The minimum Gasteiger partial charge on any atom is -0.367 e. The van der Waals surface area contributed by atoms with Gasteiger partial charge < -0.3 is 10.3 Å². The van der Waals surface area contributed by atoms with Crippen molar-refractivity contribution in [2.45, 2.75) is 38.1 Å². The molecule has 1 heterocycles. The highest BCUT2D eigenvalue weighted by Gasteiger charge is 2.35. The first-order valence-electron chi connectivity index (χ1n) is 6.62. The number of hydrogen-bond acceptors (Lipinski definition) is 2. The molecule has 2 rings (SSSR count). The Labute approximate surface area is 121 Å². The molecular formula is C14H19BrN2O2. The molecule has 0 aromatic carbocycles. The zero-order chi connectivity index (χ0) is 13.9. The Balaban J connectivity index is 2.17. The van der Waals surface area contributed by atoms with Gasteiger partial charge in [0, 0.05) is 23.8 Å². The summed E-state index contributed by atoms with van der Waals surface area (Å²) < 4.78 is 0. The predicted octanol–water partition coefficient (Wildman–Crippen LogP) is 2.45. The molecule has 2 atom stereocenters. The van der Waals surface area contributed by atoms with Crippen LogP contribution in [0, 0.1) is 5.92 Å². The summed E-state index contributed by atoms with van der Waals surface area (Å²) in [7, 11) is 0. The van der Waals surface area contributed by atoms with Crippen LogP contribution >= 0.6 is 15.9 Å². The summed E-state index contributed by atoms with van der Waals surface area (Å²) in [6.45, 7) is 2.21. The van der Waals surface area contributed by atoms with E-state index in [1.165, 1.54) is 24.9 Å². The molecule has 0 saturated heterocycles. The summed E-state index contributed by atoms with van der Waals surface area (Å²) in [5.41, 5.74) is -0.289. The normalized spacial score (nSPS) is 26.9. The molecule has 1 fully saturated rings. The van der Waals surface area contributed by atoms with Crippen molar-refractivity contribution < 1.29 is 4.79 Å². The lowest BCUT2D eigenvalue weighted by molar-refractivity contribution is 0.0868. The van der Waals surface area contributed by atoms with Crippen LogP contribution in [0.1, 0.15) is 43.0 Å². The lowest BCUT2D eigenvalue weighted by Crippen LogP contribution is -2.53.